The first kappa shape index (κ1) is 15.0. The summed E-state index contributed by atoms with van der Waals surface area (Å²) >= 11 is 17.9. The first-order valence-electron chi connectivity index (χ1n) is 6.13. The molecule has 2 aromatic rings. The second kappa shape index (κ2) is 6.08. The van der Waals surface area contributed by atoms with Gasteiger partial charge in [0, 0.05) is 11.2 Å². The second-order valence-electron chi connectivity index (χ2n) is 4.34. The number of halogens is 3. The molecule has 0 saturated carbocycles. The summed E-state index contributed by atoms with van der Waals surface area (Å²) in [6.45, 7) is 0. The summed E-state index contributed by atoms with van der Waals surface area (Å²) in [6.07, 6.45) is 3.01. The van der Waals surface area contributed by atoms with Crippen LogP contribution in [0.1, 0.15) is 11.3 Å². The predicted octanol–water partition coefficient (Wildman–Crippen LogP) is 4.39. The van der Waals surface area contributed by atoms with E-state index in [1.807, 2.05) is 0 Å². The highest BCUT2D eigenvalue weighted by Gasteiger charge is 2.25. The number of esters is 1. The molecule has 0 spiro atoms. The van der Waals surface area contributed by atoms with E-state index in [1.54, 1.807) is 30.3 Å². The minimum atomic E-state index is -0.590. The van der Waals surface area contributed by atoms with Crippen molar-refractivity contribution in [2.24, 2.45) is 4.99 Å². The topological polar surface area (TPSA) is 51.5 Å². The van der Waals surface area contributed by atoms with Crippen LogP contribution in [0.4, 0.5) is 0 Å². The van der Waals surface area contributed by atoms with Crippen LogP contribution < -0.4 is 0 Å². The van der Waals surface area contributed by atoms with Crippen LogP contribution in [-0.2, 0) is 9.53 Å². The Kier molecular flexibility index (Phi) is 4.16. The van der Waals surface area contributed by atoms with Crippen molar-refractivity contribution in [3.63, 3.8) is 0 Å². The van der Waals surface area contributed by atoms with Gasteiger partial charge in [0.2, 0.25) is 5.90 Å². The van der Waals surface area contributed by atoms with E-state index in [0.717, 1.165) is 0 Å². The highest BCUT2D eigenvalue weighted by atomic mass is 35.5. The molecule has 0 bridgehead atoms. The molecule has 0 radical (unpaired) electrons. The molecule has 0 amide bonds. The zero-order chi connectivity index (χ0) is 15.7. The summed E-state index contributed by atoms with van der Waals surface area (Å²) in [7, 11) is 0. The SMILES string of the molecule is O=C1OC(c2cc(Cl)ccn2)=N/C1=C\c1cccc(Cl)c1Cl. The van der Waals surface area contributed by atoms with Gasteiger partial charge in [0.1, 0.15) is 5.69 Å². The summed E-state index contributed by atoms with van der Waals surface area (Å²) in [5.74, 6) is -0.496. The zero-order valence-corrected chi connectivity index (χ0v) is 13.2. The fourth-order valence-corrected chi connectivity index (χ4v) is 2.34. The monoisotopic (exact) mass is 352 g/mol. The van der Waals surface area contributed by atoms with Crippen molar-refractivity contribution in [2.75, 3.05) is 0 Å². The summed E-state index contributed by atoms with van der Waals surface area (Å²) in [5, 5.41) is 1.20. The van der Waals surface area contributed by atoms with Crippen LogP contribution >= 0.6 is 34.8 Å². The van der Waals surface area contributed by atoms with Crippen molar-refractivity contribution in [1.82, 2.24) is 4.98 Å². The fourth-order valence-electron chi connectivity index (χ4n) is 1.82. The number of cyclic esters (lactones) is 1. The summed E-state index contributed by atoms with van der Waals surface area (Å²) in [5.41, 5.74) is 1.06. The second-order valence-corrected chi connectivity index (χ2v) is 5.56. The van der Waals surface area contributed by atoms with Crippen molar-refractivity contribution < 1.29 is 9.53 Å². The molecule has 0 fully saturated rings. The molecule has 0 atom stereocenters. The molecule has 1 aliphatic heterocycles. The Labute approximate surface area is 141 Å². The maximum Gasteiger partial charge on any atom is 0.363 e. The van der Waals surface area contributed by atoms with E-state index in [2.05, 4.69) is 9.98 Å². The van der Waals surface area contributed by atoms with Gasteiger partial charge in [-0.05, 0) is 29.8 Å². The Morgan fingerprint density at radius 1 is 1.14 bits per heavy atom. The van der Waals surface area contributed by atoms with Gasteiger partial charge in [-0.2, -0.15) is 0 Å². The smallest absolute Gasteiger partial charge is 0.363 e. The molecule has 110 valence electrons. The molecule has 1 aromatic heterocycles. The lowest BCUT2D eigenvalue weighted by atomic mass is 10.2. The molecule has 2 heterocycles. The number of nitrogens with zero attached hydrogens (tertiary/aromatic N) is 2. The maximum atomic E-state index is 11.9. The van der Waals surface area contributed by atoms with Gasteiger partial charge >= 0.3 is 5.97 Å². The lowest BCUT2D eigenvalue weighted by Crippen LogP contribution is -2.07. The highest BCUT2D eigenvalue weighted by Crippen LogP contribution is 2.28. The van der Waals surface area contributed by atoms with Gasteiger partial charge < -0.3 is 4.74 Å². The molecule has 0 saturated heterocycles. The van der Waals surface area contributed by atoms with E-state index < -0.39 is 5.97 Å². The van der Waals surface area contributed by atoms with Crippen LogP contribution in [0, 0.1) is 0 Å². The molecule has 0 unspecified atom stereocenters. The Morgan fingerprint density at radius 3 is 2.73 bits per heavy atom. The van der Waals surface area contributed by atoms with Crippen molar-refractivity contribution in [1.29, 1.82) is 0 Å². The quantitative estimate of drug-likeness (QED) is 0.594. The average Bonchev–Trinajstić information content (AvgIpc) is 2.85. The largest absolute Gasteiger partial charge is 0.400 e. The lowest BCUT2D eigenvalue weighted by Gasteiger charge is -1.99. The van der Waals surface area contributed by atoms with E-state index in [9.17, 15) is 4.79 Å². The first-order valence-corrected chi connectivity index (χ1v) is 7.26. The van der Waals surface area contributed by atoms with Gasteiger partial charge in [0.25, 0.3) is 0 Å². The van der Waals surface area contributed by atoms with Crippen molar-refractivity contribution in [3.8, 4) is 0 Å². The minimum Gasteiger partial charge on any atom is -0.400 e. The lowest BCUT2D eigenvalue weighted by molar-refractivity contribution is -0.129. The molecule has 1 aromatic carbocycles. The number of ether oxygens (including phenoxy) is 1. The van der Waals surface area contributed by atoms with Gasteiger partial charge in [0.05, 0.1) is 10.0 Å². The molecular weight excluding hydrogens is 347 g/mol. The fraction of sp³-hybridized carbons (Fsp3) is 0. The summed E-state index contributed by atoms with van der Waals surface area (Å²) in [4.78, 5) is 20.1. The number of aromatic nitrogens is 1. The molecule has 7 heteroatoms. The van der Waals surface area contributed by atoms with Crippen molar-refractivity contribution in [3.05, 3.63) is 68.6 Å². The molecule has 3 rings (SSSR count). The number of carbonyl (C=O) groups excluding carboxylic acids is 1. The maximum absolute atomic E-state index is 11.9. The van der Waals surface area contributed by atoms with Crippen molar-refractivity contribution in [2.45, 2.75) is 0 Å². The number of hydrogen-bond donors (Lipinski definition) is 0. The molecule has 0 aliphatic carbocycles. The van der Waals surface area contributed by atoms with E-state index in [4.69, 9.17) is 39.5 Å². The molecule has 1 aliphatic rings. The molecule has 4 nitrogen and oxygen atoms in total. The van der Waals surface area contributed by atoms with Gasteiger partial charge in [-0.15, -0.1) is 0 Å². The number of benzene rings is 1. The molecule has 0 N–H and O–H groups in total. The number of rotatable bonds is 2. The van der Waals surface area contributed by atoms with Crippen LogP contribution in [0.3, 0.4) is 0 Å². The van der Waals surface area contributed by atoms with Gasteiger partial charge in [-0.1, -0.05) is 46.9 Å². The number of pyridine rings is 1. The van der Waals surface area contributed by atoms with Crippen molar-refractivity contribution >= 4 is 52.7 Å². The zero-order valence-electron chi connectivity index (χ0n) is 10.9. The van der Waals surface area contributed by atoms with Crippen LogP contribution in [0.2, 0.25) is 15.1 Å². The number of hydrogen-bond acceptors (Lipinski definition) is 4. The van der Waals surface area contributed by atoms with Gasteiger partial charge in [-0.3, -0.25) is 4.98 Å². The standard InChI is InChI=1S/C15H7Cl3N2O2/c16-9-4-5-19-11(7-9)14-20-12(15(21)22-14)6-8-2-1-3-10(17)13(8)18/h1-7H/b12-6-. The van der Waals surface area contributed by atoms with Gasteiger partial charge in [0.15, 0.2) is 5.70 Å². The minimum absolute atomic E-state index is 0.0944. The molecule has 22 heavy (non-hydrogen) atoms. The normalized spacial score (nSPS) is 15.9. The number of carbonyl (C=O) groups is 1. The van der Waals surface area contributed by atoms with Gasteiger partial charge in [-0.25, -0.2) is 9.79 Å². The Hall–Kier alpha value is -1.88. The van der Waals surface area contributed by atoms with E-state index >= 15 is 0 Å². The molecular formula is C15H7Cl3N2O2. The third-order valence-electron chi connectivity index (χ3n) is 2.84. The van der Waals surface area contributed by atoms with E-state index in [-0.39, 0.29) is 11.6 Å². The Morgan fingerprint density at radius 2 is 1.95 bits per heavy atom. The van der Waals surface area contributed by atoms with E-state index in [1.165, 1.54) is 12.3 Å². The summed E-state index contributed by atoms with van der Waals surface area (Å²) < 4.78 is 5.10. The highest BCUT2D eigenvalue weighted by molar-refractivity contribution is 6.43. The van der Waals surface area contributed by atoms with Crippen LogP contribution in [0.5, 0.6) is 0 Å². The van der Waals surface area contributed by atoms with Crippen LogP contribution in [0.15, 0.2) is 47.2 Å². The number of aliphatic imine (C=N–C) groups is 1. The third-order valence-corrected chi connectivity index (χ3v) is 3.90. The Balaban J connectivity index is 2.00. The van der Waals surface area contributed by atoms with Crippen LogP contribution in [-0.4, -0.2) is 16.9 Å². The third kappa shape index (κ3) is 2.99. The first-order chi connectivity index (χ1) is 10.5. The predicted molar refractivity (Wildman–Crippen MR) is 86.3 cm³/mol. The van der Waals surface area contributed by atoms with Crippen LogP contribution in [0.25, 0.3) is 6.08 Å². The van der Waals surface area contributed by atoms with E-state index in [0.29, 0.717) is 26.3 Å². The Bertz CT molecular complexity index is 831. The average molecular weight is 354 g/mol. The summed E-state index contributed by atoms with van der Waals surface area (Å²) in [6, 6.07) is 8.28.